The van der Waals surface area contributed by atoms with Gasteiger partial charge in [0.05, 0.1) is 6.21 Å². The Kier molecular flexibility index (Phi) is 4.61. The molecule has 0 amide bonds. The van der Waals surface area contributed by atoms with Crippen LogP contribution in [0.3, 0.4) is 0 Å². The third kappa shape index (κ3) is 2.87. The lowest BCUT2D eigenvalue weighted by Gasteiger charge is -2.07. The molecule has 9 heteroatoms. The Morgan fingerprint density at radius 1 is 1.23 bits per heavy atom. The van der Waals surface area contributed by atoms with Crippen molar-refractivity contribution in [2.45, 2.75) is 19.9 Å². The number of hydrazone groups is 1. The largest absolute Gasteiger partial charge is 0.507 e. The number of phenols is 1. The van der Waals surface area contributed by atoms with Gasteiger partial charge < -0.3 is 9.67 Å². The van der Waals surface area contributed by atoms with Gasteiger partial charge in [-0.25, -0.2) is 10.2 Å². The van der Waals surface area contributed by atoms with Gasteiger partial charge in [-0.2, -0.15) is 10.1 Å². The lowest BCUT2D eigenvalue weighted by atomic mass is 10.2. The first-order valence-corrected chi connectivity index (χ1v) is 8.19. The molecule has 0 saturated carbocycles. The first kappa shape index (κ1) is 17.5. The summed E-state index contributed by atoms with van der Waals surface area (Å²) in [6, 6.07) is 6.78. The van der Waals surface area contributed by atoms with Crippen molar-refractivity contribution in [1.82, 2.24) is 18.7 Å². The summed E-state index contributed by atoms with van der Waals surface area (Å²) in [7, 11) is 3.01. The molecule has 3 aromatic rings. The fourth-order valence-electron chi connectivity index (χ4n) is 2.73. The van der Waals surface area contributed by atoms with Gasteiger partial charge in [-0.15, -0.1) is 0 Å². The molecule has 0 atom stereocenters. The molecule has 0 aliphatic heterocycles. The van der Waals surface area contributed by atoms with E-state index >= 15 is 0 Å². The van der Waals surface area contributed by atoms with E-state index in [1.807, 2.05) is 6.92 Å². The smallest absolute Gasteiger partial charge is 0.332 e. The Morgan fingerprint density at radius 3 is 2.65 bits per heavy atom. The maximum atomic E-state index is 12.5. The first-order chi connectivity index (χ1) is 12.5. The monoisotopic (exact) mass is 356 g/mol. The molecule has 0 fully saturated rings. The third-order valence-corrected chi connectivity index (χ3v) is 4.10. The molecule has 26 heavy (non-hydrogen) atoms. The van der Waals surface area contributed by atoms with Crippen molar-refractivity contribution in [1.29, 1.82) is 0 Å². The number of aryl methyl sites for hydroxylation is 2. The normalized spacial score (nSPS) is 11.5. The summed E-state index contributed by atoms with van der Waals surface area (Å²) in [6.45, 7) is 2.52. The molecular formula is C17H20N6O3. The molecule has 0 radical (unpaired) electrons. The number of hydrogen-bond acceptors (Lipinski definition) is 6. The molecule has 2 heterocycles. The topological polar surface area (TPSA) is 106 Å². The van der Waals surface area contributed by atoms with E-state index in [-0.39, 0.29) is 5.75 Å². The van der Waals surface area contributed by atoms with Crippen LogP contribution in [0.25, 0.3) is 11.2 Å². The second-order valence-corrected chi connectivity index (χ2v) is 5.89. The molecule has 0 spiro atoms. The molecule has 0 aliphatic carbocycles. The molecule has 9 nitrogen and oxygen atoms in total. The SMILES string of the molecule is CCCn1c(N/N=C/c2ccccc2O)nc2c1c(=O)n(C)c(=O)n2C. The zero-order valence-corrected chi connectivity index (χ0v) is 14.8. The molecule has 3 rings (SSSR count). The van der Waals surface area contributed by atoms with Crippen LogP contribution in [0.1, 0.15) is 18.9 Å². The number of fused-ring (bicyclic) bond motifs is 1. The highest BCUT2D eigenvalue weighted by Crippen LogP contribution is 2.17. The third-order valence-electron chi connectivity index (χ3n) is 4.10. The lowest BCUT2D eigenvalue weighted by molar-refractivity contribution is 0.474. The van der Waals surface area contributed by atoms with E-state index in [4.69, 9.17) is 0 Å². The van der Waals surface area contributed by atoms with Crippen LogP contribution in [0, 0.1) is 0 Å². The van der Waals surface area contributed by atoms with Crippen LogP contribution in [-0.4, -0.2) is 30.0 Å². The highest BCUT2D eigenvalue weighted by molar-refractivity contribution is 5.83. The van der Waals surface area contributed by atoms with Crippen LogP contribution in [-0.2, 0) is 20.6 Å². The molecule has 0 aliphatic rings. The molecule has 1 aromatic carbocycles. The average molecular weight is 356 g/mol. The van der Waals surface area contributed by atoms with Crippen molar-refractivity contribution in [3.63, 3.8) is 0 Å². The Labute approximate surface area is 148 Å². The van der Waals surface area contributed by atoms with Crippen LogP contribution in [0.4, 0.5) is 5.95 Å². The van der Waals surface area contributed by atoms with Crippen molar-refractivity contribution < 1.29 is 5.11 Å². The summed E-state index contributed by atoms with van der Waals surface area (Å²) in [6.07, 6.45) is 2.23. The van der Waals surface area contributed by atoms with Crippen LogP contribution in [0.15, 0.2) is 39.0 Å². The van der Waals surface area contributed by atoms with E-state index in [0.717, 1.165) is 11.0 Å². The summed E-state index contributed by atoms with van der Waals surface area (Å²) >= 11 is 0. The molecule has 2 aromatic heterocycles. The quantitative estimate of drug-likeness (QED) is 0.524. The predicted molar refractivity (Wildman–Crippen MR) is 99.8 cm³/mol. The Hall–Kier alpha value is -3.36. The van der Waals surface area contributed by atoms with E-state index in [2.05, 4.69) is 15.5 Å². The number of para-hydroxylation sites is 1. The standard InChI is InChI=1S/C17H20N6O3/c1-4-9-23-13-14(21(2)17(26)22(3)15(13)25)19-16(23)20-18-10-11-7-5-6-8-12(11)24/h5-8,10,24H,4,9H2,1-3H3,(H,19,20)/b18-10+. The van der Waals surface area contributed by atoms with Gasteiger partial charge in [-0.05, 0) is 18.6 Å². The molecule has 0 saturated heterocycles. The highest BCUT2D eigenvalue weighted by Gasteiger charge is 2.18. The van der Waals surface area contributed by atoms with E-state index < -0.39 is 11.2 Å². The molecule has 136 valence electrons. The lowest BCUT2D eigenvalue weighted by Crippen LogP contribution is -2.37. The van der Waals surface area contributed by atoms with E-state index in [1.54, 1.807) is 35.9 Å². The first-order valence-electron chi connectivity index (χ1n) is 8.19. The summed E-state index contributed by atoms with van der Waals surface area (Å²) < 4.78 is 4.10. The average Bonchev–Trinajstić information content (AvgIpc) is 2.99. The van der Waals surface area contributed by atoms with Crippen molar-refractivity contribution in [3.05, 3.63) is 50.7 Å². The minimum atomic E-state index is -0.437. The fraction of sp³-hybridized carbons (Fsp3) is 0.294. The van der Waals surface area contributed by atoms with Crippen LogP contribution < -0.4 is 16.7 Å². The maximum Gasteiger partial charge on any atom is 0.332 e. The summed E-state index contributed by atoms with van der Waals surface area (Å²) in [5.41, 5.74) is 3.15. The number of aromatic hydroxyl groups is 1. The van der Waals surface area contributed by atoms with Gasteiger partial charge >= 0.3 is 5.69 Å². The van der Waals surface area contributed by atoms with E-state index in [0.29, 0.717) is 29.2 Å². The number of benzene rings is 1. The number of hydrogen-bond donors (Lipinski definition) is 2. The fourth-order valence-corrected chi connectivity index (χ4v) is 2.73. The van der Waals surface area contributed by atoms with Crippen molar-refractivity contribution in [2.75, 3.05) is 5.43 Å². The summed E-state index contributed by atoms with van der Waals surface area (Å²) in [4.78, 5) is 29.0. The number of nitrogens with one attached hydrogen (secondary N) is 1. The minimum absolute atomic E-state index is 0.108. The number of imidazole rings is 1. The second kappa shape index (κ2) is 6.87. The number of aromatic nitrogens is 4. The van der Waals surface area contributed by atoms with Crippen LogP contribution >= 0.6 is 0 Å². The predicted octanol–water partition coefficient (Wildman–Crippen LogP) is 0.995. The second-order valence-electron chi connectivity index (χ2n) is 5.89. The number of anilines is 1. The van der Waals surface area contributed by atoms with Gasteiger partial charge in [0.1, 0.15) is 5.75 Å². The molecular weight excluding hydrogens is 336 g/mol. The minimum Gasteiger partial charge on any atom is -0.507 e. The number of nitrogens with zero attached hydrogens (tertiary/aromatic N) is 5. The van der Waals surface area contributed by atoms with Gasteiger partial charge in [0.2, 0.25) is 5.95 Å². The Balaban J connectivity index is 2.08. The Morgan fingerprint density at radius 2 is 1.96 bits per heavy atom. The zero-order valence-electron chi connectivity index (χ0n) is 14.8. The van der Waals surface area contributed by atoms with Crippen LogP contribution in [0.5, 0.6) is 5.75 Å². The van der Waals surface area contributed by atoms with Gasteiger partial charge in [0.25, 0.3) is 5.56 Å². The number of rotatable bonds is 5. The summed E-state index contributed by atoms with van der Waals surface area (Å²) in [5.74, 6) is 0.461. The summed E-state index contributed by atoms with van der Waals surface area (Å²) in [5, 5.41) is 13.9. The van der Waals surface area contributed by atoms with Gasteiger partial charge in [-0.3, -0.25) is 13.9 Å². The number of phenolic OH excluding ortho intramolecular Hbond substituents is 1. The van der Waals surface area contributed by atoms with Crippen LogP contribution in [0.2, 0.25) is 0 Å². The van der Waals surface area contributed by atoms with Crippen molar-refractivity contribution in [2.24, 2.45) is 19.2 Å². The highest BCUT2D eigenvalue weighted by atomic mass is 16.3. The van der Waals surface area contributed by atoms with Crippen molar-refractivity contribution in [3.8, 4) is 5.75 Å². The van der Waals surface area contributed by atoms with E-state index in [9.17, 15) is 14.7 Å². The molecule has 2 N–H and O–H groups in total. The van der Waals surface area contributed by atoms with E-state index in [1.165, 1.54) is 17.8 Å². The zero-order chi connectivity index (χ0) is 18.8. The molecule has 0 unspecified atom stereocenters. The Bertz CT molecular complexity index is 1110. The van der Waals surface area contributed by atoms with Crippen molar-refractivity contribution >= 4 is 23.3 Å². The maximum absolute atomic E-state index is 12.5. The molecule has 0 bridgehead atoms. The van der Waals surface area contributed by atoms with Gasteiger partial charge in [0, 0.05) is 26.2 Å². The van der Waals surface area contributed by atoms with Gasteiger partial charge in [-0.1, -0.05) is 19.1 Å². The van der Waals surface area contributed by atoms with Gasteiger partial charge in [0.15, 0.2) is 11.2 Å².